The van der Waals surface area contributed by atoms with Crippen molar-refractivity contribution in [2.45, 2.75) is 25.4 Å². The topological polar surface area (TPSA) is 61.0 Å². The number of hydrogen-bond donors (Lipinski definition) is 0. The predicted molar refractivity (Wildman–Crippen MR) is 154 cm³/mol. The molecule has 0 spiro atoms. The highest BCUT2D eigenvalue weighted by molar-refractivity contribution is 6.30. The molecule has 7 nitrogen and oxygen atoms in total. The Morgan fingerprint density at radius 3 is 2.23 bits per heavy atom. The average molecular weight is 560 g/mol. The Labute approximate surface area is 237 Å². The molecule has 1 atom stereocenters. The molecule has 0 aliphatic carbocycles. The number of aromatic nitrogens is 5. The Hall–Kier alpha value is -3.65. The molecule has 3 heterocycles. The molecule has 198 valence electrons. The molecule has 2 aromatic heterocycles. The molecule has 1 saturated heterocycles. The van der Waals surface area contributed by atoms with Crippen molar-refractivity contribution in [1.82, 2.24) is 29.4 Å². The summed E-state index contributed by atoms with van der Waals surface area (Å²) in [7, 11) is 1.67. The number of hydrogen-bond acceptors (Lipinski definition) is 5. The molecule has 0 saturated carbocycles. The maximum atomic E-state index is 6.20. The van der Waals surface area contributed by atoms with E-state index in [4.69, 9.17) is 27.9 Å². The number of rotatable bonds is 7. The summed E-state index contributed by atoms with van der Waals surface area (Å²) in [6.45, 7) is 3.75. The molecule has 1 unspecified atom stereocenters. The SMILES string of the molecule is COc1cc(-c2cn(C3CCN(C(c4ccc(Cl)cc4)c4ccc(Cl)cc4)C3)nn2)ccc1-n1cnc(C)c1. The molecular weight excluding hydrogens is 531 g/mol. The van der Waals surface area contributed by atoms with Gasteiger partial charge in [0.15, 0.2) is 0 Å². The van der Waals surface area contributed by atoms with Crippen LogP contribution in [0.25, 0.3) is 16.9 Å². The monoisotopic (exact) mass is 558 g/mol. The van der Waals surface area contributed by atoms with Crippen LogP contribution in [0.3, 0.4) is 0 Å². The van der Waals surface area contributed by atoms with Crippen molar-refractivity contribution in [3.05, 3.63) is 112 Å². The number of aryl methyl sites for hydroxylation is 1. The average Bonchev–Trinajstić information content (AvgIpc) is 3.72. The van der Waals surface area contributed by atoms with E-state index in [2.05, 4.69) is 44.5 Å². The molecule has 39 heavy (non-hydrogen) atoms. The van der Waals surface area contributed by atoms with Crippen LogP contribution in [-0.2, 0) is 0 Å². The van der Waals surface area contributed by atoms with Crippen molar-refractivity contribution >= 4 is 23.2 Å². The lowest BCUT2D eigenvalue weighted by Gasteiger charge is -2.29. The van der Waals surface area contributed by atoms with Gasteiger partial charge in [0.05, 0.1) is 43.1 Å². The van der Waals surface area contributed by atoms with Gasteiger partial charge in [0.25, 0.3) is 0 Å². The largest absolute Gasteiger partial charge is 0.495 e. The van der Waals surface area contributed by atoms with Crippen LogP contribution in [0.4, 0.5) is 0 Å². The van der Waals surface area contributed by atoms with E-state index in [1.807, 2.05) is 71.0 Å². The van der Waals surface area contributed by atoms with Crippen LogP contribution in [-0.4, -0.2) is 49.6 Å². The Morgan fingerprint density at radius 2 is 1.62 bits per heavy atom. The van der Waals surface area contributed by atoms with Gasteiger partial charge < -0.3 is 9.30 Å². The van der Waals surface area contributed by atoms with Gasteiger partial charge in [0.2, 0.25) is 0 Å². The highest BCUT2D eigenvalue weighted by Crippen LogP contribution is 2.36. The number of likely N-dealkylation sites (tertiary alicyclic amines) is 1. The van der Waals surface area contributed by atoms with Crippen molar-refractivity contribution in [2.24, 2.45) is 0 Å². The van der Waals surface area contributed by atoms with Crippen LogP contribution in [0.2, 0.25) is 10.0 Å². The summed E-state index contributed by atoms with van der Waals surface area (Å²) >= 11 is 12.4. The lowest BCUT2D eigenvalue weighted by Crippen LogP contribution is -2.28. The first-order valence-electron chi connectivity index (χ1n) is 12.8. The van der Waals surface area contributed by atoms with Crippen molar-refractivity contribution in [3.8, 4) is 22.7 Å². The predicted octanol–water partition coefficient (Wildman–Crippen LogP) is 6.79. The molecular formula is C30H28Cl2N6O. The minimum Gasteiger partial charge on any atom is -0.495 e. The standard InChI is InChI=1S/C30H28Cl2N6O/c1-20-16-37(19-33-20)28-12-7-23(15-29(28)39-2)27-18-38(35-34-27)26-13-14-36(17-26)30(21-3-8-24(31)9-4-21)22-5-10-25(32)11-6-22/h3-12,15-16,18-19,26,30H,13-14,17H2,1-2H3. The van der Waals surface area contributed by atoms with Gasteiger partial charge in [-0.1, -0.05) is 58.7 Å². The number of imidazole rings is 1. The van der Waals surface area contributed by atoms with Crippen LogP contribution < -0.4 is 4.74 Å². The maximum absolute atomic E-state index is 6.20. The number of methoxy groups -OCH3 is 1. The van der Waals surface area contributed by atoms with Crippen molar-refractivity contribution in [3.63, 3.8) is 0 Å². The van der Waals surface area contributed by atoms with E-state index < -0.39 is 0 Å². The Kier molecular flexibility index (Phi) is 7.12. The van der Waals surface area contributed by atoms with Gasteiger partial charge in [-0.05, 0) is 60.9 Å². The summed E-state index contributed by atoms with van der Waals surface area (Å²) in [6, 6.07) is 22.6. The van der Waals surface area contributed by atoms with E-state index in [0.717, 1.165) is 57.9 Å². The van der Waals surface area contributed by atoms with Crippen LogP contribution in [0, 0.1) is 6.92 Å². The van der Waals surface area contributed by atoms with Crippen LogP contribution in [0.15, 0.2) is 85.5 Å². The lowest BCUT2D eigenvalue weighted by atomic mass is 9.97. The summed E-state index contributed by atoms with van der Waals surface area (Å²) in [4.78, 5) is 6.82. The van der Waals surface area contributed by atoms with Gasteiger partial charge in [-0.15, -0.1) is 5.10 Å². The van der Waals surface area contributed by atoms with Gasteiger partial charge in [0, 0.05) is 34.9 Å². The van der Waals surface area contributed by atoms with E-state index in [0.29, 0.717) is 0 Å². The van der Waals surface area contributed by atoms with E-state index in [-0.39, 0.29) is 12.1 Å². The van der Waals surface area contributed by atoms with Crippen LogP contribution >= 0.6 is 23.2 Å². The zero-order valence-corrected chi connectivity index (χ0v) is 23.2. The third-order valence-electron chi connectivity index (χ3n) is 7.28. The number of halogens is 2. The third-order valence-corrected chi connectivity index (χ3v) is 7.79. The highest BCUT2D eigenvalue weighted by Gasteiger charge is 2.32. The minimum atomic E-state index is 0.0937. The number of benzene rings is 3. The van der Waals surface area contributed by atoms with E-state index in [1.165, 1.54) is 11.1 Å². The summed E-state index contributed by atoms with van der Waals surface area (Å²) < 4.78 is 9.64. The maximum Gasteiger partial charge on any atom is 0.143 e. The van der Waals surface area contributed by atoms with Gasteiger partial charge in [-0.2, -0.15) is 0 Å². The van der Waals surface area contributed by atoms with Crippen molar-refractivity contribution in [2.75, 3.05) is 20.2 Å². The van der Waals surface area contributed by atoms with Crippen LogP contribution in [0.5, 0.6) is 5.75 Å². The zero-order chi connectivity index (χ0) is 26.9. The normalized spacial score (nSPS) is 15.8. The Morgan fingerprint density at radius 1 is 0.923 bits per heavy atom. The van der Waals surface area contributed by atoms with E-state index in [9.17, 15) is 0 Å². The van der Waals surface area contributed by atoms with Gasteiger partial charge in [-0.25, -0.2) is 9.67 Å². The van der Waals surface area contributed by atoms with E-state index >= 15 is 0 Å². The Balaban J connectivity index is 1.24. The summed E-state index contributed by atoms with van der Waals surface area (Å²) in [5.74, 6) is 0.750. The molecule has 6 rings (SSSR count). The first-order chi connectivity index (χ1) is 19.0. The summed E-state index contributed by atoms with van der Waals surface area (Å²) in [6.07, 6.45) is 6.77. The molecule has 9 heteroatoms. The van der Waals surface area contributed by atoms with Crippen molar-refractivity contribution < 1.29 is 4.74 Å². The summed E-state index contributed by atoms with van der Waals surface area (Å²) in [5, 5.41) is 10.5. The zero-order valence-electron chi connectivity index (χ0n) is 21.7. The van der Waals surface area contributed by atoms with Crippen molar-refractivity contribution in [1.29, 1.82) is 0 Å². The Bertz CT molecular complexity index is 1530. The fourth-order valence-electron chi connectivity index (χ4n) is 5.31. The van der Waals surface area contributed by atoms with Crippen LogP contribution in [0.1, 0.15) is 35.3 Å². The first kappa shape index (κ1) is 25.6. The van der Waals surface area contributed by atoms with Gasteiger partial charge in [0.1, 0.15) is 11.4 Å². The van der Waals surface area contributed by atoms with E-state index in [1.54, 1.807) is 13.4 Å². The second-order valence-electron chi connectivity index (χ2n) is 9.84. The molecule has 0 bridgehead atoms. The minimum absolute atomic E-state index is 0.0937. The third kappa shape index (κ3) is 5.30. The summed E-state index contributed by atoms with van der Waals surface area (Å²) in [5.41, 5.74) is 6.03. The highest BCUT2D eigenvalue weighted by atomic mass is 35.5. The fourth-order valence-corrected chi connectivity index (χ4v) is 5.57. The molecule has 0 N–H and O–H groups in total. The second-order valence-corrected chi connectivity index (χ2v) is 10.7. The molecule has 5 aromatic rings. The molecule has 1 aliphatic heterocycles. The van der Waals surface area contributed by atoms with Gasteiger partial charge in [-0.3, -0.25) is 4.90 Å². The molecule has 3 aromatic carbocycles. The molecule has 1 fully saturated rings. The lowest BCUT2D eigenvalue weighted by molar-refractivity contribution is 0.266. The molecule has 0 radical (unpaired) electrons. The fraction of sp³-hybridized carbons (Fsp3) is 0.233. The first-order valence-corrected chi connectivity index (χ1v) is 13.6. The number of nitrogens with zero attached hydrogens (tertiary/aromatic N) is 6. The second kappa shape index (κ2) is 10.8. The molecule has 1 aliphatic rings. The van der Waals surface area contributed by atoms with Gasteiger partial charge >= 0.3 is 0 Å². The molecule has 0 amide bonds. The number of ether oxygens (including phenoxy) is 1. The quantitative estimate of drug-likeness (QED) is 0.220. The smallest absolute Gasteiger partial charge is 0.143 e.